The van der Waals surface area contributed by atoms with E-state index in [0.29, 0.717) is 12.3 Å². The fourth-order valence-electron chi connectivity index (χ4n) is 1.99. The summed E-state index contributed by atoms with van der Waals surface area (Å²) in [7, 11) is 0. The lowest BCUT2D eigenvalue weighted by molar-refractivity contribution is -0.136. The summed E-state index contributed by atoms with van der Waals surface area (Å²) in [4.78, 5) is 14.9. The summed E-state index contributed by atoms with van der Waals surface area (Å²) in [5.74, 6) is 0.0887. The number of benzene rings is 1. The predicted octanol–water partition coefficient (Wildman–Crippen LogP) is 3.40. The molecule has 0 bridgehead atoms. The van der Waals surface area contributed by atoms with E-state index < -0.39 is 5.97 Å². The van der Waals surface area contributed by atoms with Crippen LogP contribution in [-0.2, 0) is 17.6 Å². The Hall–Kier alpha value is -1.88. The Kier molecular flexibility index (Phi) is 5.33. The minimum atomic E-state index is -0.842. The van der Waals surface area contributed by atoms with Crippen molar-refractivity contribution in [3.8, 4) is 5.75 Å². The first-order valence-electron chi connectivity index (χ1n) is 6.90. The molecular formula is C16H19NO3S. The number of rotatable bonds is 7. The third-order valence-electron chi connectivity index (χ3n) is 3.28. The maximum atomic E-state index is 10.6. The first kappa shape index (κ1) is 15.5. The van der Waals surface area contributed by atoms with Crippen molar-refractivity contribution in [3.05, 3.63) is 45.4 Å². The largest absolute Gasteiger partial charge is 0.493 e. The molecular weight excluding hydrogens is 286 g/mol. The summed E-state index contributed by atoms with van der Waals surface area (Å²) < 4.78 is 5.79. The molecule has 4 nitrogen and oxygen atoms in total. The molecule has 0 saturated carbocycles. The van der Waals surface area contributed by atoms with E-state index in [1.165, 1.54) is 22.5 Å². The fourth-order valence-corrected chi connectivity index (χ4v) is 2.83. The molecule has 0 amide bonds. The van der Waals surface area contributed by atoms with E-state index in [-0.39, 0.29) is 6.42 Å². The zero-order valence-electron chi connectivity index (χ0n) is 12.3. The van der Waals surface area contributed by atoms with Gasteiger partial charge in [0.1, 0.15) is 5.75 Å². The molecule has 0 radical (unpaired) electrons. The zero-order chi connectivity index (χ0) is 15.2. The number of carboxylic acid groups (broad SMARTS) is 1. The summed E-state index contributed by atoms with van der Waals surface area (Å²) in [6.45, 7) is 4.77. The molecule has 1 aromatic carbocycles. The van der Waals surface area contributed by atoms with Gasteiger partial charge in [0.25, 0.3) is 0 Å². The van der Waals surface area contributed by atoms with E-state index in [9.17, 15) is 4.79 Å². The highest BCUT2D eigenvalue weighted by molar-refractivity contribution is 7.09. The summed E-state index contributed by atoms with van der Waals surface area (Å²) >= 11 is 1.51. The van der Waals surface area contributed by atoms with Gasteiger partial charge in [-0.1, -0.05) is 12.1 Å². The summed E-state index contributed by atoms with van der Waals surface area (Å²) in [5, 5.41) is 11.5. The van der Waals surface area contributed by atoms with Gasteiger partial charge in [-0.05, 0) is 37.5 Å². The number of ether oxygens (including phenoxy) is 1. The fraction of sp³-hybridized carbons (Fsp3) is 0.375. The Morgan fingerprint density at radius 3 is 2.95 bits per heavy atom. The van der Waals surface area contributed by atoms with E-state index in [1.54, 1.807) is 0 Å². The number of aromatic nitrogens is 1. The van der Waals surface area contributed by atoms with Gasteiger partial charge in [-0.3, -0.25) is 4.79 Å². The van der Waals surface area contributed by atoms with Crippen LogP contribution in [0, 0.1) is 13.8 Å². The van der Waals surface area contributed by atoms with Crippen molar-refractivity contribution in [2.75, 3.05) is 6.61 Å². The lowest BCUT2D eigenvalue weighted by atomic mass is 10.1. The Bertz CT molecular complexity index is 622. The van der Waals surface area contributed by atoms with Gasteiger partial charge in [-0.15, -0.1) is 11.3 Å². The number of nitrogens with zero attached hydrogens (tertiary/aromatic N) is 1. The molecule has 2 rings (SSSR count). The quantitative estimate of drug-likeness (QED) is 0.797. The zero-order valence-corrected chi connectivity index (χ0v) is 13.1. The minimum Gasteiger partial charge on any atom is -0.493 e. The number of hydrogen-bond donors (Lipinski definition) is 1. The molecule has 2 aromatic rings. The molecule has 0 aliphatic rings. The number of aliphatic carboxylic acids is 1. The first-order chi connectivity index (χ1) is 10.1. The van der Waals surface area contributed by atoms with Crippen LogP contribution in [0.3, 0.4) is 0 Å². The van der Waals surface area contributed by atoms with Gasteiger partial charge in [0, 0.05) is 11.8 Å². The number of aryl methyl sites for hydroxylation is 2. The molecule has 5 heteroatoms. The second-order valence-electron chi connectivity index (χ2n) is 4.95. The minimum absolute atomic E-state index is 0.00448. The third kappa shape index (κ3) is 4.56. The monoisotopic (exact) mass is 305 g/mol. The number of carbonyl (C=O) groups is 1. The number of hydrogen-bond acceptors (Lipinski definition) is 4. The Labute approximate surface area is 128 Å². The van der Waals surface area contributed by atoms with E-state index in [4.69, 9.17) is 9.84 Å². The summed E-state index contributed by atoms with van der Waals surface area (Å²) in [5.41, 5.74) is 3.04. The van der Waals surface area contributed by atoms with Gasteiger partial charge in [0.15, 0.2) is 0 Å². The van der Waals surface area contributed by atoms with Crippen LogP contribution in [0.2, 0.25) is 0 Å². The first-order valence-corrected chi connectivity index (χ1v) is 7.78. The topological polar surface area (TPSA) is 59.4 Å². The highest BCUT2D eigenvalue weighted by Gasteiger charge is 2.06. The van der Waals surface area contributed by atoms with Crippen LogP contribution < -0.4 is 4.74 Å². The molecule has 0 saturated heterocycles. The molecule has 112 valence electrons. The summed E-state index contributed by atoms with van der Waals surface area (Å²) in [6, 6.07) is 6.05. The molecule has 1 aromatic heterocycles. The van der Waals surface area contributed by atoms with E-state index in [0.717, 1.165) is 23.6 Å². The molecule has 0 unspecified atom stereocenters. The highest BCUT2D eigenvalue weighted by atomic mass is 32.1. The molecule has 0 aliphatic heterocycles. The van der Waals surface area contributed by atoms with Crippen molar-refractivity contribution in [2.45, 2.75) is 33.1 Å². The van der Waals surface area contributed by atoms with Gasteiger partial charge in [0.2, 0.25) is 0 Å². The van der Waals surface area contributed by atoms with Crippen LogP contribution in [0.5, 0.6) is 5.75 Å². The summed E-state index contributed by atoms with van der Waals surface area (Å²) in [6.07, 6.45) is 1.68. The van der Waals surface area contributed by atoms with Crippen LogP contribution in [0.4, 0.5) is 0 Å². The van der Waals surface area contributed by atoms with Crippen molar-refractivity contribution in [1.82, 2.24) is 4.98 Å². The van der Waals surface area contributed by atoms with Crippen molar-refractivity contribution in [1.29, 1.82) is 0 Å². The van der Waals surface area contributed by atoms with Crippen molar-refractivity contribution < 1.29 is 14.6 Å². The highest BCUT2D eigenvalue weighted by Crippen LogP contribution is 2.21. The second kappa shape index (κ2) is 7.22. The van der Waals surface area contributed by atoms with Gasteiger partial charge in [0.05, 0.1) is 23.7 Å². The van der Waals surface area contributed by atoms with E-state index in [1.807, 2.05) is 17.5 Å². The van der Waals surface area contributed by atoms with Crippen LogP contribution in [0.1, 0.15) is 28.2 Å². The molecule has 0 spiro atoms. The Balaban J connectivity index is 1.78. The van der Waals surface area contributed by atoms with E-state index in [2.05, 4.69) is 24.9 Å². The van der Waals surface area contributed by atoms with Crippen molar-refractivity contribution in [2.24, 2.45) is 0 Å². The number of thiazole rings is 1. The molecule has 0 atom stereocenters. The molecule has 1 heterocycles. The van der Waals surface area contributed by atoms with Gasteiger partial charge in [-0.2, -0.15) is 0 Å². The molecule has 1 N–H and O–H groups in total. The maximum absolute atomic E-state index is 10.6. The normalized spacial score (nSPS) is 10.6. The molecule has 0 fully saturated rings. The Morgan fingerprint density at radius 2 is 2.19 bits per heavy atom. The smallest absolute Gasteiger partial charge is 0.309 e. The van der Waals surface area contributed by atoms with Crippen LogP contribution in [0.15, 0.2) is 23.6 Å². The lowest BCUT2D eigenvalue weighted by Crippen LogP contribution is -2.02. The van der Waals surface area contributed by atoms with E-state index >= 15 is 0 Å². The standard InChI is InChI=1S/C16H19NO3S/c1-11-5-3-6-14(12(11)2)20-8-4-7-15-17-13(10-21-15)9-16(18)19/h3,5-6,10H,4,7-9H2,1-2H3,(H,18,19). The lowest BCUT2D eigenvalue weighted by Gasteiger charge is -2.10. The maximum Gasteiger partial charge on any atom is 0.309 e. The van der Waals surface area contributed by atoms with Crippen LogP contribution >= 0.6 is 11.3 Å². The van der Waals surface area contributed by atoms with Crippen LogP contribution in [0.25, 0.3) is 0 Å². The average molecular weight is 305 g/mol. The van der Waals surface area contributed by atoms with Crippen LogP contribution in [-0.4, -0.2) is 22.7 Å². The van der Waals surface area contributed by atoms with Crippen molar-refractivity contribution >= 4 is 17.3 Å². The molecule has 21 heavy (non-hydrogen) atoms. The third-order valence-corrected chi connectivity index (χ3v) is 4.24. The Morgan fingerprint density at radius 1 is 1.38 bits per heavy atom. The average Bonchev–Trinajstić information content (AvgIpc) is 2.86. The van der Waals surface area contributed by atoms with Gasteiger partial charge in [-0.25, -0.2) is 4.98 Å². The predicted molar refractivity (Wildman–Crippen MR) is 83.2 cm³/mol. The SMILES string of the molecule is Cc1cccc(OCCCc2nc(CC(=O)O)cs2)c1C. The van der Waals surface area contributed by atoms with Gasteiger partial charge >= 0.3 is 5.97 Å². The second-order valence-corrected chi connectivity index (χ2v) is 5.90. The van der Waals surface area contributed by atoms with Gasteiger partial charge < -0.3 is 9.84 Å². The number of carboxylic acids is 1. The van der Waals surface area contributed by atoms with Crippen molar-refractivity contribution in [3.63, 3.8) is 0 Å². The molecule has 0 aliphatic carbocycles.